The van der Waals surface area contributed by atoms with Crippen LogP contribution in [0.5, 0.6) is 0 Å². The van der Waals surface area contributed by atoms with Gasteiger partial charge in [0.25, 0.3) is 0 Å². The minimum absolute atomic E-state index is 0.168. The Kier molecular flexibility index (Phi) is 3.59. The number of rotatable bonds is 3. The van der Waals surface area contributed by atoms with Gasteiger partial charge in [0.1, 0.15) is 6.10 Å². The summed E-state index contributed by atoms with van der Waals surface area (Å²) in [7, 11) is -5.60. The standard InChI is InChI=1S/C6H9F3O5S/c7-6(8,9)15(11,12)14-3-5-4(10)1-2-13-5/h4-5,10H,1-3H2/t4-,5+/m0/s1. The van der Waals surface area contributed by atoms with Crippen molar-refractivity contribution in [3.63, 3.8) is 0 Å². The monoisotopic (exact) mass is 250 g/mol. The molecule has 15 heavy (non-hydrogen) atoms. The third-order valence-corrected chi connectivity index (χ3v) is 2.86. The van der Waals surface area contributed by atoms with Crippen molar-refractivity contribution < 1.29 is 35.6 Å². The van der Waals surface area contributed by atoms with Crippen molar-refractivity contribution in [1.82, 2.24) is 0 Å². The molecule has 0 amide bonds. The van der Waals surface area contributed by atoms with E-state index in [-0.39, 0.29) is 13.0 Å². The van der Waals surface area contributed by atoms with E-state index < -0.39 is 34.4 Å². The number of aliphatic hydroxyl groups is 1. The van der Waals surface area contributed by atoms with Gasteiger partial charge in [-0.1, -0.05) is 0 Å². The summed E-state index contributed by atoms with van der Waals surface area (Å²) in [6.45, 7) is -0.662. The van der Waals surface area contributed by atoms with E-state index in [1.54, 1.807) is 0 Å². The van der Waals surface area contributed by atoms with Crippen molar-refractivity contribution in [3.05, 3.63) is 0 Å². The van der Waals surface area contributed by atoms with Gasteiger partial charge in [-0.2, -0.15) is 21.6 Å². The predicted octanol–water partition coefficient (Wildman–Crippen LogP) is 0.00240. The second kappa shape index (κ2) is 4.24. The van der Waals surface area contributed by atoms with E-state index in [4.69, 9.17) is 9.84 Å². The van der Waals surface area contributed by atoms with Crippen molar-refractivity contribution in [2.75, 3.05) is 13.2 Å². The van der Waals surface area contributed by atoms with Crippen molar-refractivity contribution in [3.8, 4) is 0 Å². The maximum atomic E-state index is 11.8. The molecule has 5 nitrogen and oxygen atoms in total. The van der Waals surface area contributed by atoms with Gasteiger partial charge in [-0.05, 0) is 6.42 Å². The molecular formula is C6H9F3O5S. The summed E-state index contributed by atoms with van der Waals surface area (Å²) in [5, 5.41) is 9.11. The molecule has 90 valence electrons. The molecule has 9 heteroatoms. The largest absolute Gasteiger partial charge is 0.523 e. The lowest BCUT2D eigenvalue weighted by Crippen LogP contribution is -2.32. The summed E-state index contributed by atoms with van der Waals surface area (Å²) in [6.07, 6.45) is -1.77. The van der Waals surface area contributed by atoms with Gasteiger partial charge in [0.05, 0.1) is 12.7 Å². The van der Waals surface area contributed by atoms with Crippen molar-refractivity contribution in [2.24, 2.45) is 0 Å². The summed E-state index contributed by atoms with van der Waals surface area (Å²) in [4.78, 5) is 0. The fourth-order valence-electron chi connectivity index (χ4n) is 1.02. The molecule has 1 rings (SSSR count). The van der Waals surface area contributed by atoms with Gasteiger partial charge < -0.3 is 9.84 Å². The van der Waals surface area contributed by atoms with Crippen LogP contribution in [0.15, 0.2) is 0 Å². The Balaban J connectivity index is 2.50. The highest BCUT2D eigenvalue weighted by molar-refractivity contribution is 7.87. The number of alkyl halides is 3. The minimum atomic E-state index is -5.60. The van der Waals surface area contributed by atoms with Crippen molar-refractivity contribution >= 4 is 10.1 Å². The number of ether oxygens (including phenoxy) is 1. The topological polar surface area (TPSA) is 72.8 Å². The molecule has 0 bridgehead atoms. The maximum Gasteiger partial charge on any atom is 0.523 e. The van der Waals surface area contributed by atoms with Crippen LogP contribution in [-0.2, 0) is 19.0 Å². The molecule has 2 atom stereocenters. The SMILES string of the molecule is O=S(=O)(OC[C@H]1OCC[C@@H]1O)C(F)(F)F. The van der Waals surface area contributed by atoms with E-state index in [0.29, 0.717) is 0 Å². The minimum Gasteiger partial charge on any atom is -0.390 e. The zero-order chi connectivity index (χ0) is 11.7. The smallest absolute Gasteiger partial charge is 0.390 e. The summed E-state index contributed by atoms with van der Waals surface area (Å²) >= 11 is 0. The van der Waals surface area contributed by atoms with Crippen molar-refractivity contribution in [1.29, 1.82) is 0 Å². The highest BCUT2D eigenvalue weighted by Gasteiger charge is 2.48. The second-order valence-electron chi connectivity index (χ2n) is 2.95. The summed E-state index contributed by atoms with van der Waals surface area (Å²) < 4.78 is 64.7. The van der Waals surface area contributed by atoms with E-state index >= 15 is 0 Å². The molecule has 1 saturated heterocycles. The molecule has 1 N–H and O–H groups in total. The second-order valence-corrected chi connectivity index (χ2v) is 4.56. The van der Waals surface area contributed by atoms with Gasteiger partial charge in [0.15, 0.2) is 0 Å². The fourth-order valence-corrected chi connectivity index (χ4v) is 1.47. The van der Waals surface area contributed by atoms with Gasteiger partial charge in [-0.15, -0.1) is 0 Å². The first-order valence-corrected chi connectivity index (χ1v) is 5.40. The van der Waals surface area contributed by atoms with Gasteiger partial charge >= 0.3 is 15.6 Å². The highest BCUT2D eigenvalue weighted by atomic mass is 32.2. The first kappa shape index (κ1) is 12.7. The first-order chi connectivity index (χ1) is 6.74. The predicted molar refractivity (Wildman–Crippen MR) is 41.3 cm³/mol. The Morgan fingerprint density at radius 3 is 2.47 bits per heavy atom. The summed E-state index contributed by atoms with van der Waals surface area (Å²) in [6, 6.07) is 0. The van der Waals surface area contributed by atoms with Crippen LogP contribution in [-0.4, -0.2) is 44.5 Å². The molecule has 0 unspecified atom stereocenters. The molecule has 0 aromatic rings. The molecule has 1 aliphatic heterocycles. The molecule has 0 aromatic carbocycles. The van der Waals surface area contributed by atoms with E-state index in [2.05, 4.69) is 4.18 Å². The molecule has 0 aromatic heterocycles. The third-order valence-electron chi connectivity index (χ3n) is 1.85. The van der Waals surface area contributed by atoms with Gasteiger partial charge in [-0.3, -0.25) is 4.18 Å². The normalized spacial score (nSPS) is 28.3. The Bertz CT molecular complexity index is 311. The molecule has 1 aliphatic rings. The molecule has 0 saturated carbocycles. The average molecular weight is 250 g/mol. The quantitative estimate of drug-likeness (QED) is 0.564. The molecule has 1 fully saturated rings. The molecular weight excluding hydrogens is 241 g/mol. The van der Waals surface area contributed by atoms with Crippen molar-refractivity contribution in [2.45, 2.75) is 24.1 Å². The van der Waals surface area contributed by atoms with E-state index in [1.807, 2.05) is 0 Å². The lowest BCUT2D eigenvalue weighted by Gasteiger charge is -2.14. The average Bonchev–Trinajstić information content (AvgIpc) is 2.46. The number of halogens is 3. The van der Waals surface area contributed by atoms with Crippen LogP contribution in [0.3, 0.4) is 0 Å². The van der Waals surface area contributed by atoms with Crippen LogP contribution >= 0.6 is 0 Å². The molecule has 0 radical (unpaired) electrons. The first-order valence-electron chi connectivity index (χ1n) is 3.99. The van der Waals surface area contributed by atoms with Gasteiger partial charge in [-0.25, -0.2) is 0 Å². The maximum absolute atomic E-state index is 11.8. The number of aliphatic hydroxyl groups excluding tert-OH is 1. The Morgan fingerprint density at radius 2 is 2.07 bits per heavy atom. The lowest BCUT2D eigenvalue weighted by molar-refractivity contribution is -0.0596. The van der Waals surface area contributed by atoms with Crippen LogP contribution in [0, 0.1) is 0 Å². The summed E-state index contributed by atoms with van der Waals surface area (Å²) in [5.41, 5.74) is -5.45. The third kappa shape index (κ3) is 3.03. The van der Waals surface area contributed by atoms with E-state index in [9.17, 15) is 21.6 Å². The zero-order valence-corrected chi connectivity index (χ0v) is 8.21. The Hall–Kier alpha value is -0.380. The van der Waals surface area contributed by atoms with Crippen LogP contribution in [0.1, 0.15) is 6.42 Å². The molecule has 0 aliphatic carbocycles. The number of hydrogen-bond acceptors (Lipinski definition) is 5. The van der Waals surface area contributed by atoms with Crippen LogP contribution < -0.4 is 0 Å². The van der Waals surface area contributed by atoms with E-state index in [1.165, 1.54) is 0 Å². The Morgan fingerprint density at radius 1 is 1.47 bits per heavy atom. The lowest BCUT2D eigenvalue weighted by atomic mass is 10.2. The van der Waals surface area contributed by atoms with Gasteiger partial charge in [0, 0.05) is 6.61 Å². The zero-order valence-electron chi connectivity index (χ0n) is 7.40. The molecule has 0 spiro atoms. The highest BCUT2D eigenvalue weighted by Crippen LogP contribution is 2.25. The van der Waals surface area contributed by atoms with E-state index in [0.717, 1.165) is 0 Å². The summed E-state index contributed by atoms with van der Waals surface area (Å²) in [5.74, 6) is 0. The Labute approximate surface area is 83.9 Å². The fraction of sp³-hybridized carbons (Fsp3) is 1.00. The number of hydrogen-bond donors (Lipinski definition) is 1. The van der Waals surface area contributed by atoms with Crippen LogP contribution in [0.2, 0.25) is 0 Å². The van der Waals surface area contributed by atoms with Crippen LogP contribution in [0.4, 0.5) is 13.2 Å². The van der Waals surface area contributed by atoms with Crippen LogP contribution in [0.25, 0.3) is 0 Å². The molecule has 1 heterocycles. The van der Waals surface area contributed by atoms with Gasteiger partial charge in [0.2, 0.25) is 0 Å².